The Hall–Kier alpha value is -0.370. The molecule has 0 amide bonds. The van der Waals surface area contributed by atoms with Crippen molar-refractivity contribution in [3.05, 3.63) is 0 Å². The number of hydrogen-bond donors (Lipinski definition) is 0. The average molecular weight is 184 g/mol. The van der Waals surface area contributed by atoms with Crippen molar-refractivity contribution in [3.8, 4) is 0 Å². The molecule has 1 rings (SSSR count). The number of carbonyl (C=O) groups excluding carboxylic acids is 1. The van der Waals surface area contributed by atoms with Crippen molar-refractivity contribution < 1.29 is 9.53 Å². The molecule has 0 aromatic rings. The summed E-state index contributed by atoms with van der Waals surface area (Å²) in [5, 5.41) is 0. The van der Waals surface area contributed by atoms with Crippen LogP contribution in [0, 0.1) is 11.8 Å². The standard InChI is InChI=1S/C11H20O2/c1-8(2)10(12)11(3,13-4)7-9-5-6-9/h8-9H,5-7H2,1-4H3/t11-/m1/s1. The summed E-state index contributed by atoms with van der Waals surface area (Å²) >= 11 is 0. The monoisotopic (exact) mass is 184 g/mol. The molecule has 2 heteroatoms. The van der Waals surface area contributed by atoms with Crippen LogP contribution in [-0.4, -0.2) is 18.5 Å². The van der Waals surface area contributed by atoms with Crippen LogP contribution in [0.5, 0.6) is 0 Å². The molecule has 1 saturated carbocycles. The van der Waals surface area contributed by atoms with Gasteiger partial charge in [0.05, 0.1) is 0 Å². The quantitative estimate of drug-likeness (QED) is 0.656. The van der Waals surface area contributed by atoms with E-state index in [9.17, 15) is 4.79 Å². The van der Waals surface area contributed by atoms with Crippen molar-refractivity contribution in [1.29, 1.82) is 0 Å². The Morgan fingerprint density at radius 2 is 2.08 bits per heavy atom. The molecule has 0 bridgehead atoms. The topological polar surface area (TPSA) is 26.3 Å². The van der Waals surface area contributed by atoms with E-state index in [4.69, 9.17) is 4.74 Å². The Balaban J connectivity index is 2.60. The van der Waals surface area contributed by atoms with E-state index in [0.29, 0.717) is 0 Å². The molecule has 0 aromatic carbocycles. The molecule has 1 fully saturated rings. The highest BCUT2D eigenvalue weighted by atomic mass is 16.5. The summed E-state index contributed by atoms with van der Waals surface area (Å²) in [5.41, 5.74) is -0.532. The summed E-state index contributed by atoms with van der Waals surface area (Å²) in [6, 6.07) is 0. The molecule has 0 spiro atoms. The lowest BCUT2D eigenvalue weighted by atomic mass is 9.87. The summed E-state index contributed by atoms with van der Waals surface area (Å²) in [6.07, 6.45) is 3.44. The van der Waals surface area contributed by atoms with Crippen molar-refractivity contribution >= 4 is 5.78 Å². The highest BCUT2D eigenvalue weighted by Crippen LogP contribution is 2.38. The molecule has 2 nitrogen and oxygen atoms in total. The van der Waals surface area contributed by atoms with Gasteiger partial charge in [-0.25, -0.2) is 0 Å². The third kappa shape index (κ3) is 2.53. The van der Waals surface area contributed by atoms with E-state index < -0.39 is 5.60 Å². The number of Topliss-reactive ketones (excluding diaryl/α,β-unsaturated/α-hetero) is 1. The zero-order valence-corrected chi connectivity index (χ0v) is 9.09. The predicted octanol–water partition coefficient (Wildman–Crippen LogP) is 2.42. The normalized spacial score (nSPS) is 21.6. The predicted molar refractivity (Wildman–Crippen MR) is 52.6 cm³/mol. The van der Waals surface area contributed by atoms with Gasteiger partial charge < -0.3 is 4.74 Å². The van der Waals surface area contributed by atoms with E-state index in [1.807, 2.05) is 20.8 Å². The summed E-state index contributed by atoms with van der Waals surface area (Å²) < 4.78 is 5.36. The summed E-state index contributed by atoms with van der Waals surface area (Å²) in [5.74, 6) is 1.04. The van der Waals surface area contributed by atoms with Crippen molar-refractivity contribution in [1.82, 2.24) is 0 Å². The number of rotatable bonds is 5. The van der Waals surface area contributed by atoms with Crippen molar-refractivity contribution in [2.45, 2.75) is 45.6 Å². The molecule has 0 N–H and O–H groups in total. The van der Waals surface area contributed by atoms with Crippen LogP contribution in [0.1, 0.15) is 40.0 Å². The van der Waals surface area contributed by atoms with Gasteiger partial charge in [-0.2, -0.15) is 0 Å². The minimum atomic E-state index is -0.532. The molecular formula is C11H20O2. The van der Waals surface area contributed by atoms with Crippen LogP contribution in [0.15, 0.2) is 0 Å². The van der Waals surface area contributed by atoms with E-state index in [-0.39, 0.29) is 11.7 Å². The number of carbonyl (C=O) groups is 1. The SMILES string of the molecule is CO[C@](C)(CC1CC1)C(=O)C(C)C. The van der Waals surface area contributed by atoms with Gasteiger partial charge in [-0.1, -0.05) is 26.7 Å². The van der Waals surface area contributed by atoms with Gasteiger partial charge in [0.15, 0.2) is 5.78 Å². The number of hydrogen-bond acceptors (Lipinski definition) is 2. The molecule has 13 heavy (non-hydrogen) atoms. The smallest absolute Gasteiger partial charge is 0.166 e. The third-order valence-corrected chi connectivity index (χ3v) is 2.87. The molecule has 0 saturated heterocycles. The fourth-order valence-electron chi connectivity index (χ4n) is 1.77. The van der Waals surface area contributed by atoms with Crippen molar-refractivity contribution in [2.24, 2.45) is 11.8 Å². The van der Waals surface area contributed by atoms with Crippen molar-refractivity contribution in [2.75, 3.05) is 7.11 Å². The van der Waals surface area contributed by atoms with E-state index in [2.05, 4.69) is 0 Å². The molecule has 1 aliphatic rings. The second-order valence-corrected chi connectivity index (χ2v) is 4.60. The number of ketones is 1. The fraction of sp³-hybridized carbons (Fsp3) is 0.909. The van der Waals surface area contributed by atoms with E-state index in [1.165, 1.54) is 12.8 Å². The van der Waals surface area contributed by atoms with E-state index in [0.717, 1.165) is 12.3 Å². The Labute approximate surface area is 80.7 Å². The summed E-state index contributed by atoms with van der Waals surface area (Å²) in [7, 11) is 1.64. The second-order valence-electron chi connectivity index (χ2n) is 4.60. The van der Waals surface area contributed by atoms with Crippen LogP contribution in [-0.2, 0) is 9.53 Å². The third-order valence-electron chi connectivity index (χ3n) is 2.87. The zero-order chi connectivity index (χ0) is 10.1. The van der Waals surface area contributed by atoms with Gasteiger partial charge in [-0.3, -0.25) is 4.79 Å². The highest BCUT2D eigenvalue weighted by molar-refractivity contribution is 5.88. The maximum atomic E-state index is 11.8. The largest absolute Gasteiger partial charge is 0.371 e. The Bertz CT molecular complexity index is 194. The van der Waals surface area contributed by atoms with Crippen LogP contribution in [0.3, 0.4) is 0 Å². The average Bonchev–Trinajstić information content (AvgIpc) is 2.86. The van der Waals surface area contributed by atoms with E-state index in [1.54, 1.807) is 7.11 Å². The van der Waals surface area contributed by atoms with Crippen LogP contribution in [0.2, 0.25) is 0 Å². The molecule has 1 atom stereocenters. The molecule has 1 aliphatic carbocycles. The lowest BCUT2D eigenvalue weighted by Gasteiger charge is -2.28. The van der Waals surface area contributed by atoms with Crippen LogP contribution in [0.25, 0.3) is 0 Å². The first kappa shape index (κ1) is 10.7. The summed E-state index contributed by atoms with van der Waals surface area (Å²) in [6.45, 7) is 5.80. The van der Waals surface area contributed by atoms with Gasteiger partial charge in [0.2, 0.25) is 0 Å². The lowest BCUT2D eigenvalue weighted by molar-refractivity contribution is -0.143. The molecular weight excluding hydrogens is 164 g/mol. The molecule has 0 aromatic heterocycles. The van der Waals surface area contributed by atoms with Gasteiger partial charge in [-0.15, -0.1) is 0 Å². The molecule has 0 unspecified atom stereocenters. The van der Waals surface area contributed by atoms with Gasteiger partial charge in [-0.05, 0) is 19.3 Å². The minimum Gasteiger partial charge on any atom is -0.371 e. The summed E-state index contributed by atoms with van der Waals surface area (Å²) in [4.78, 5) is 11.8. The number of ether oxygens (including phenoxy) is 1. The highest BCUT2D eigenvalue weighted by Gasteiger charge is 2.39. The first-order valence-corrected chi connectivity index (χ1v) is 5.09. The van der Waals surface area contributed by atoms with Crippen LogP contribution in [0.4, 0.5) is 0 Å². The Kier molecular flexibility index (Phi) is 3.12. The minimum absolute atomic E-state index is 0.0729. The maximum absolute atomic E-state index is 11.8. The second kappa shape index (κ2) is 3.79. The van der Waals surface area contributed by atoms with Gasteiger partial charge in [0, 0.05) is 13.0 Å². The molecule has 0 aliphatic heterocycles. The molecule has 0 heterocycles. The molecule has 0 radical (unpaired) electrons. The first-order valence-electron chi connectivity index (χ1n) is 5.09. The zero-order valence-electron chi connectivity index (χ0n) is 9.09. The maximum Gasteiger partial charge on any atom is 0.166 e. The Morgan fingerprint density at radius 3 is 2.38 bits per heavy atom. The lowest BCUT2D eigenvalue weighted by Crippen LogP contribution is -2.40. The first-order chi connectivity index (χ1) is 5.99. The van der Waals surface area contributed by atoms with Crippen molar-refractivity contribution in [3.63, 3.8) is 0 Å². The Morgan fingerprint density at radius 1 is 1.54 bits per heavy atom. The van der Waals surface area contributed by atoms with Crippen LogP contribution >= 0.6 is 0 Å². The van der Waals surface area contributed by atoms with E-state index >= 15 is 0 Å². The fourth-order valence-corrected chi connectivity index (χ4v) is 1.77. The van der Waals surface area contributed by atoms with Gasteiger partial charge in [0.25, 0.3) is 0 Å². The number of methoxy groups -OCH3 is 1. The van der Waals surface area contributed by atoms with Gasteiger partial charge >= 0.3 is 0 Å². The molecule has 76 valence electrons. The van der Waals surface area contributed by atoms with Crippen LogP contribution < -0.4 is 0 Å². The van der Waals surface area contributed by atoms with Gasteiger partial charge in [0.1, 0.15) is 5.60 Å².